The molecular weight excluding hydrogens is 472 g/mol. The largest absolute Gasteiger partial charge is 0.472 e. The highest BCUT2D eigenvalue weighted by atomic mass is 16.6. The number of carbonyl (C=O) groups excluding carboxylic acids is 4. The number of furan rings is 1. The van der Waals surface area contributed by atoms with E-state index < -0.39 is 58.6 Å². The van der Waals surface area contributed by atoms with Crippen LogP contribution in [0.25, 0.3) is 0 Å². The highest BCUT2D eigenvalue weighted by Crippen LogP contribution is 2.71. The fourth-order valence-electron chi connectivity index (χ4n) is 7.40. The summed E-state index contributed by atoms with van der Waals surface area (Å²) >= 11 is 0. The molecule has 1 aromatic heterocycles. The molecule has 2 aliphatic heterocycles. The van der Waals surface area contributed by atoms with E-state index in [4.69, 9.17) is 28.1 Å². The molecule has 0 amide bonds. The normalized spacial score (nSPS) is 40.9. The molecule has 0 bridgehead atoms. The third-order valence-corrected chi connectivity index (χ3v) is 8.88. The van der Waals surface area contributed by atoms with E-state index in [1.165, 1.54) is 27.0 Å². The lowest BCUT2D eigenvalue weighted by atomic mass is 9.42. The summed E-state index contributed by atoms with van der Waals surface area (Å²) < 4.78 is 34.5. The van der Waals surface area contributed by atoms with Gasteiger partial charge in [0, 0.05) is 39.2 Å². The van der Waals surface area contributed by atoms with Gasteiger partial charge in [0.2, 0.25) is 0 Å². The molecule has 0 N–H and O–H groups in total. The number of epoxide rings is 1. The Balaban J connectivity index is 1.65. The van der Waals surface area contributed by atoms with Gasteiger partial charge in [0.15, 0.2) is 0 Å². The number of carbonyl (C=O) groups is 4. The van der Waals surface area contributed by atoms with Crippen LogP contribution in [0.2, 0.25) is 0 Å². The minimum absolute atomic E-state index is 0.0874. The second kappa shape index (κ2) is 8.61. The minimum atomic E-state index is -1.02. The first-order valence-electron chi connectivity index (χ1n) is 12.4. The van der Waals surface area contributed by atoms with E-state index >= 15 is 0 Å². The first-order chi connectivity index (χ1) is 17.0. The van der Waals surface area contributed by atoms with Gasteiger partial charge in [0.1, 0.15) is 30.5 Å². The molecule has 10 nitrogen and oxygen atoms in total. The Bertz CT molecular complexity index is 1060. The van der Waals surface area contributed by atoms with Crippen molar-refractivity contribution in [2.45, 2.75) is 77.3 Å². The van der Waals surface area contributed by atoms with Crippen molar-refractivity contribution in [3.8, 4) is 0 Å². The molecule has 2 saturated carbocycles. The lowest BCUT2D eigenvalue weighted by molar-refractivity contribution is -0.239. The van der Waals surface area contributed by atoms with E-state index in [-0.39, 0.29) is 18.5 Å². The lowest BCUT2D eigenvalue weighted by Crippen LogP contribution is -2.70. The van der Waals surface area contributed by atoms with E-state index in [1.54, 1.807) is 12.3 Å². The predicted octanol–water partition coefficient (Wildman–Crippen LogP) is 2.89. The van der Waals surface area contributed by atoms with Crippen LogP contribution < -0.4 is 0 Å². The molecule has 1 aromatic rings. The van der Waals surface area contributed by atoms with Crippen molar-refractivity contribution >= 4 is 23.9 Å². The lowest BCUT2D eigenvalue weighted by Gasteiger charge is -2.62. The summed E-state index contributed by atoms with van der Waals surface area (Å²) in [6.07, 6.45) is 2.82. The predicted molar refractivity (Wildman–Crippen MR) is 120 cm³/mol. The van der Waals surface area contributed by atoms with Crippen LogP contribution in [-0.2, 0) is 42.9 Å². The van der Waals surface area contributed by atoms with E-state index in [0.717, 1.165) is 5.56 Å². The zero-order chi connectivity index (χ0) is 25.9. The molecule has 10 heteroatoms. The van der Waals surface area contributed by atoms with Crippen LogP contribution in [0.3, 0.4) is 0 Å². The first kappa shape index (κ1) is 24.8. The van der Waals surface area contributed by atoms with Crippen molar-refractivity contribution < 1.29 is 47.3 Å². The van der Waals surface area contributed by atoms with Crippen LogP contribution in [0.4, 0.5) is 0 Å². The van der Waals surface area contributed by atoms with Gasteiger partial charge >= 0.3 is 23.9 Å². The second-order valence-electron chi connectivity index (χ2n) is 10.8. The molecule has 0 radical (unpaired) electrons. The summed E-state index contributed by atoms with van der Waals surface area (Å²) in [6.45, 7) is 6.19. The molecule has 0 aromatic carbocycles. The fraction of sp³-hybridized carbons (Fsp3) is 0.692. The molecule has 4 fully saturated rings. The first-order valence-corrected chi connectivity index (χ1v) is 12.4. The number of hydrogen-bond donors (Lipinski definition) is 0. The van der Waals surface area contributed by atoms with Gasteiger partial charge in [-0.1, -0.05) is 6.92 Å². The zero-order valence-electron chi connectivity index (χ0n) is 20.9. The van der Waals surface area contributed by atoms with Gasteiger partial charge in [-0.3, -0.25) is 19.2 Å². The SMILES string of the molecule is CC(=O)OCC12[C@@H](OC(C)=O)C[C@@H](C)[C@]3(C[C@H](c4ccoc4)OC3=O)[C@H]1C[C@H](OC(C)=O)C[C@]21CO1. The highest BCUT2D eigenvalue weighted by Gasteiger charge is 2.80. The fourth-order valence-corrected chi connectivity index (χ4v) is 7.40. The number of ether oxygens (including phenoxy) is 5. The maximum atomic E-state index is 13.9. The van der Waals surface area contributed by atoms with Gasteiger partial charge in [0.25, 0.3) is 0 Å². The number of hydrogen-bond acceptors (Lipinski definition) is 10. The molecule has 2 spiro atoms. The number of rotatable bonds is 5. The smallest absolute Gasteiger partial charge is 0.313 e. The zero-order valence-corrected chi connectivity index (χ0v) is 20.9. The standard InChI is InChI=1S/C26H32O10/c1-14-7-22(35-17(4)29)26(13-32-15(2)27)21(8-19(34-16(3)28)9-24(26)12-33-24)25(14)10-20(36-23(25)30)18-5-6-31-11-18/h5-6,11,14,19-22H,7-10,12-13H2,1-4H3/t14-,19+,20-,21-,22+,24+,25-,26?/m1/s1. The maximum Gasteiger partial charge on any atom is 0.313 e. The Hall–Kier alpha value is -2.88. The summed E-state index contributed by atoms with van der Waals surface area (Å²) in [5, 5.41) is 0. The van der Waals surface area contributed by atoms with Gasteiger partial charge in [-0.25, -0.2) is 0 Å². The topological polar surface area (TPSA) is 131 Å². The van der Waals surface area contributed by atoms with E-state index in [2.05, 4.69) is 0 Å². The minimum Gasteiger partial charge on any atom is -0.472 e. The van der Waals surface area contributed by atoms with E-state index in [0.29, 0.717) is 32.3 Å². The number of fused-ring (bicyclic) bond motifs is 3. The summed E-state index contributed by atoms with van der Waals surface area (Å²) in [4.78, 5) is 50.1. The summed E-state index contributed by atoms with van der Waals surface area (Å²) in [6, 6.07) is 1.77. The number of esters is 4. The van der Waals surface area contributed by atoms with Gasteiger partial charge in [-0.2, -0.15) is 0 Å². The third-order valence-electron chi connectivity index (χ3n) is 8.88. The molecule has 4 aliphatic rings. The molecular formula is C26H32O10. The summed E-state index contributed by atoms with van der Waals surface area (Å²) in [5.74, 6) is -2.49. The number of cyclic esters (lactones) is 1. The highest BCUT2D eigenvalue weighted by molar-refractivity contribution is 5.81. The third kappa shape index (κ3) is 3.64. The Morgan fingerprint density at radius 3 is 2.36 bits per heavy atom. The van der Waals surface area contributed by atoms with Crippen molar-refractivity contribution in [1.29, 1.82) is 0 Å². The average molecular weight is 505 g/mol. The molecule has 2 aliphatic carbocycles. The maximum absolute atomic E-state index is 13.9. The monoisotopic (exact) mass is 504 g/mol. The summed E-state index contributed by atoms with van der Waals surface area (Å²) in [7, 11) is 0. The van der Waals surface area contributed by atoms with Gasteiger partial charge < -0.3 is 28.1 Å². The average Bonchev–Trinajstić information content (AvgIpc) is 3.19. The molecule has 1 unspecified atom stereocenters. The van der Waals surface area contributed by atoms with Crippen LogP contribution in [0.5, 0.6) is 0 Å². The Morgan fingerprint density at radius 1 is 1.06 bits per heavy atom. The van der Waals surface area contributed by atoms with Crippen molar-refractivity contribution in [1.82, 2.24) is 0 Å². The summed E-state index contributed by atoms with van der Waals surface area (Å²) in [5.41, 5.74) is -2.15. The Labute approximate surface area is 208 Å². The molecule has 196 valence electrons. The van der Waals surface area contributed by atoms with Gasteiger partial charge in [-0.15, -0.1) is 0 Å². The van der Waals surface area contributed by atoms with Crippen LogP contribution >= 0.6 is 0 Å². The van der Waals surface area contributed by atoms with Crippen LogP contribution in [0.15, 0.2) is 23.0 Å². The molecule has 8 atom stereocenters. The van der Waals surface area contributed by atoms with Crippen molar-refractivity contribution in [2.24, 2.45) is 22.7 Å². The van der Waals surface area contributed by atoms with Crippen molar-refractivity contribution in [2.75, 3.05) is 13.2 Å². The molecule has 36 heavy (non-hydrogen) atoms. The second-order valence-corrected chi connectivity index (χ2v) is 10.8. The van der Waals surface area contributed by atoms with E-state index in [1.807, 2.05) is 6.92 Å². The van der Waals surface area contributed by atoms with Gasteiger partial charge in [-0.05, 0) is 30.7 Å². The van der Waals surface area contributed by atoms with Crippen LogP contribution in [-0.4, -0.2) is 54.9 Å². The van der Waals surface area contributed by atoms with Gasteiger partial charge in [0.05, 0.1) is 30.0 Å². The molecule has 5 rings (SSSR count). The van der Waals surface area contributed by atoms with Crippen molar-refractivity contribution in [3.05, 3.63) is 24.2 Å². The Morgan fingerprint density at radius 2 is 1.78 bits per heavy atom. The Kier molecular flexibility index (Phi) is 5.93. The van der Waals surface area contributed by atoms with E-state index in [9.17, 15) is 19.2 Å². The quantitative estimate of drug-likeness (QED) is 0.335. The molecule has 2 saturated heterocycles. The molecule has 3 heterocycles. The van der Waals surface area contributed by atoms with Crippen LogP contribution in [0, 0.1) is 22.7 Å². The van der Waals surface area contributed by atoms with Crippen LogP contribution in [0.1, 0.15) is 65.0 Å². The van der Waals surface area contributed by atoms with Crippen molar-refractivity contribution in [3.63, 3.8) is 0 Å².